The van der Waals surface area contributed by atoms with E-state index >= 15 is 0 Å². The Balaban J connectivity index is 1.94. The van der Waals surface area contributed by atoms with Crippen LogP contribution in [0.4, 0.5) is 5.95 Å². The van der Waals surface area contributed by atoms with Crippen molar-refractivity contribution in [3.8, 4) is 17.0 Å². The molecule has 0 aliphatic heterocycles. The normalized spacial score (nSPS) is 10.5. The van der Waals surface area contributed by atoms with Crippen LogP contribution in [-0.2, 0) is 6.61 Å². The molecule has 0 amide bonds. The van der Waals surface area contributed by atoms with E-state index in [0.29, 0.717) is 28.6 Å². The predicted molar refractivity (Wildman–Crippen MR) is 92.7 cm³/mol. The smallest absolute Gasteiger partial charge is 0.221 e. The number of hydrogen-bond acceptors (Lipinski definition) is 4. The summed E-state index contributed by atoms with van der Waals surface area (Å²) in [7, 11) is 0. The lowest BCUT2D eigenvalue weighted by molar-refractivity contribution is 0.307. The van der Waals surface area contributed by atoms with Gasteiger partial charge in [0.1, 0.15) is 17.5 Å². The maximum Gasteiger partial charge on any atom is 0.221 e. The van der Waals surface area contributed by atoms with Crippen molar-refractivity contribution in [2.75, 3.05) is 5.73 Å². The average Bonchev–Trinajstić information content (AvgIpc) is 2.54. The van der Waals surface area contributed by atoms with Crippen molar-refractivity contribution in [1.82, 2.24) is 9.97 Å². The van der Waals surface area contributed by atoms with Crippen LogP contribution < -0.4 is 10.5 Å². The molecule has 0 atom stereocenters. The van der Waals surface area contributed by atoms with E-state index in [-0.39, 0.29) is 11.1 Å². The fourth-order valence-corrected chi connectivity index (χ4v) is 2.50. The summed E-state index contributed by atoms with van der Waals surface area (Å²) in [5.41, 5.74) is 8.01. The molecular formula is C17H13Cl2N3O. The van der Waals surface area contributed by atoms with E-state index in [0.717, 1.165) is 5.56 Å². The molecule has 0 aliphatic carbocycles. The van der Waals surface area contributed by atoms with Gasteiger partial charge in [0.15, 0.2) is 0 Å². The minimum absolute atomic E-state index is 0.0986. The molecule has 23 heavy (non-hydrogen) atoms. The SMILES string of the molecule is Nc1nc(Cl)cc(-c2cc(Cl)ccc2OCc2ccccc2)n1. The molecule has 6 heteroatoms. The number of nitrogens with zero attached hydrogens (tertiary/aromatic N) is 2. The first kappa shape index (κ1) is 15.6. The molecule has 0 unspecified atom stereocenters. The molecule has 0 saturated carbocycles. The summed E-state index contributed by atoms with van der Waals surface area (Å²) in [6.45, 7) is 0.434. The van der Waals surface area contributed by atoms with Gasteiger partial charge < -0.3 is 10.5 Å². The minimum Gasteiger partial charge on any atom is -0.488 e. The highest BCUT2D eigenvalue weighted by atomic mass is 35.5. The van der Waals surface area contributed by atoms with Crippen molar-refractivity contribution < 1.29 is 4.74 Å². The second-order valence-corrected chi connectivity index (χ2v) is 5.67. The van der Waals surface area contributed by atoms with E-state index < -0.39 is 0 Å². The number of nitrogen functional groups attached to an aromatic ring is 1. The number of aromatic nitrogens is 2. The Morgan fingerprint density at radius 3 is 2.48 bits per heavy atom. The summed E-state index contributed by atoms with van der Waals surface area (Å²) >= 11 is 12.1. The van der Waals surface area contributed by atoms with Gasteiger partial charge >= 0.3 is 0 Å². The van der Waals surface area contributed by atoms with Gasteiger partial charge in [-0.2, -0.15) is 0 Å². The van der Waals surface area contributed by atoms with E-state index in [2.05, 4.69) is 9.97 Å². The molecule has 3 rings (SSSR count). The molecule has 0 fully saturated rings. The zero-order valence-electron chi connectivity index (χ0n) is 12.0. The van der Waals surface area contributed by atoms with Crippen LogP contribution in [0.15, 0.2) is 54.6 Å². The zero-order valence-corrected chi connectivity index (χ0v) is 13.6. The third-order valence-corrected chi connectivity index (χ3v) is 3.60. The van der Waals surface area contributed by atoms with Crippen molar-refractivity contribution in [3.05, 3.63) is 70.3 Å². The second kappa shape index (κ2) is 6.86. The van der Waals surface area contributed by atoms with Gasteiger partial charge in [-0.3, -0.25) is 0 Å². The van der Waals surface area contributed by atoms with Gasteiger partial charge in [-0.1, -0.05) is 53.5 Å². The molecule has 0 aliphatic rings. The predicted octanol–water partition coefficient (Wildman–Crippen LogP) is 4.61. The number of ether oxygens (including phenoxy) is 1. The van der Waals surface area contributed by atoms with Crippen LogP contribution in [0.3, 0.4) is 0 Å². The molecule has 1 aromatic heterocycles. The first-order valence-corrected chi connectivity index (χ1v) is 7.64. The summed E-state index contributed by atoms with van der Waals surface area (Å²) in [6.07, 6.45) is 0. The molecule has 3 aromatic rings. The molecule has 0 spiro atoms. The lowest BCUT2D eigenvalue weighted by atomic mass is 10.1. The van der Waals surface area contributed by atoms with E-state index in [1.54, 1.807) is 24.3 Å². The van der Waals surface area contributed by atoms with Gasteiger partial charge in [-0.25, -0.2) is 9.97 Å². The highest BCUT2D eigenvalue weighted by molar-refractivity contribution is 6.31. The van der Waals surface area contributed by atoms with Crippen molar-refractivity contribution in [1.29, 1.82) is 0 Å². The van der Waals surface area contributed by atoms with E-state index in [4.69, 9.17) is 33.7 Å². The summed E-state index contributed by atoms with van der Waals surface area (Å²) in [6, 6.07) is 16.8. The molecule has 2 aromatic carbocycles. The third-order valence-electron chi connectivity index (χ3n) is 3.17. The average molecular weight is 346 g/mol. The molecule has 2 N–H and O–H groups in total. The first-order chi connectivity index (χ1) is 11.1. The summed E-state index contributed by atoms with van der Waals surface area (Å²) in [5, 5.41) is 0.835. The topological polar surface area (TPSA) is 61.0 Å². The number of halogens is 2. The third kappa shape index (κ3) is 3.92. The van der Waals surface area contributed by atoms with Gasteiger partial charge in [-0.05, 0) is 23.8 Å². The van der Waals surface area contributed by atoms with E-state index in [9.17, 15) is 0 Å². The van der Waals surface area contributed by atoms with Crippen LogP contribution in [0.1, 0.15) is 5.56 Å². The Kier molecular flexibility index (Phi) is 4.65. The van der Waals surface area contributed by atoms with E-state index in [1.165, 1.54) is 0 Å². The van der Waals surface area contributed by atoms with Crippen LogP contribution in [-0.4, -0.2) is 9.97 Å². The first-order valence-electron chi connectivity index (χ1n) is 6.88. The van der Waals surface area contributed by atoms with Crippen LogP contribution in [0.5, 0.6) is 5.75 Å². The van der Waals surface area contributed by atoms with E-state index in [1.807, 2.05) is 30.3 Å². The fourth-order valence-electron chi connectivity index (χ4n) is 2.14. The highest BCUT2D eigenvalue weighted by Gasteiger charge is 2.11. The molecule has 0 radical (unpaired) electrons. The molecule has 0 saturated heterocycles. The van der Waals surface area contributed by atoms with Crippen LogP contribution in [0.25, 0.3) is 11.3 Å². The largest absolute Gasteiger partial charge is 0.488 e. The number of benzene rings is 2. The van der Waals surface area contributed by atoms with Crippen LogP contribution >= 0.6 is 23.2 Å². The van der Waals surface area contributed by atoms with Crippen molar-refractivity contribution in [3.63, 3.8) is 0 Å². The lowest BCUT2D eigenvalue weighted by Gasteiger charge is -2.12. The molecule has 4 nitrogen and oxygen atoms in total. The van der Waals surface area contributed by atoms with Crippen molar-refractivity contribution in [2.24, 2.45) is 0 Å². The van der Waals surface area contributed by atoms with Crippen LogP contribution in [0.2, 0.25) is 10.2 Å². The Bertz CT molecular complexity index is 805. The summed E-state index contributed by atoms with van der Waals surface area (Å²) < 4.78 is 5.91. The second-order valence-electron chi connectivity index (χ2n) is 4.85. The van der Waals surface area contributed by atoms with Gasteiger partial charge in [0.05, 0.1) is 5.69 Å². The number of rotatable bonds is 4. The monoisotopic (exact) mass is 345 g/mol. The molecular weight excluding hydrogens is 333 g/mol. The number of hydrogen-bond donors (Lipinski definition) is 1. The Morgan fingerprint density at radius 2 is 1.74 bits per heavy atom. The van der Waals surface area contributed by atoms with Crippen LogP contribution in [0, 0.1) is 0 Å². The highest BCUT2D eigenvalue weighted by Crippen LogP contribution is 2.33. The Morgan fingerprint density at radius 1 is 0.957 bits per heavy atom. The quantitative estimate of drug-likeness (QED) is 0.701. The lowest BCUT2D eigenvalue weighted by Crippen LogP contribution is -2.00. The number of nitrogens with two attached hydrogens (primary N) is 1. The maximum atomic E-state index is 6.10. The zero-order chi connectivity index (χ0) is 16.2. The fraction of sp³-hybridized carbons (Fsp3) is 0.0588. The van der Waals surface area contributed by atoms with Gasteiger partial charge in [0.25, 0.3) is 0 Å². The molecule has 1 heterocycles. The Hall–Kier alpha value is -2.30. The van der Waals surface area contributed by atoms with Gasteiger partial charge in [0, 0.05) is 16.7 Å². The van der Waals surface area contributed by atoms with Gasteiger partial charge in [-0.15, -0.1) is 0 Å². The standard InChI is InChI=1S/C17H13Cl2N3O/c18-12-6-7-15(23-10-11-4-2-1-3-5-11)13(8-12)14-9-16(19)22-17(20)21-14/h1-9H,10H2,(H2,20,21,22). The van der Waals surface area contributed by atoms with Crippen molar-refractivity contribution >= 4 is 29.2 Å². The molecule has 116 valence electrons. The summed E-state index contributed by atoms with van der Waals surface area (Å²) in [4.78, 5) is 8.07. The number of anilines is 1. The minimum atomic E-state index is 0.0986. The summed E-state index contributed by atoms with van der Waals surface area (Å²) in [5.74, 6) is 0.744. The Labute approximate surface area is 143 Å². The van der Waals surface area contributed by atoms with Crippen molar-refractivity contribution in [2.45, 2.75) is 6.61 Å². The maximum absolute atomic E-state index is 6.10. The van der Waals surface area contributed by atoms with Gasteiger partial charge in [0.2, 0.25) is 5.95 Å². The molecule has 0 bridgehead atoms.